The van der Waals surface area contributed by atoms with E-state index in [0.717, 1.165) is 18.6 Å². The molecule has 0 aromatic carbocycles. The summed E-state index contributed by atoms with van der Waals surface area (Å²) in [7, 11) is 0. The number of rotatable bonds is 3. The summed E-state index contributed by atoms with van der Waals surface area (Å²) in [5.74, 6) is 0. The van der Waals surface area contributed by atoms with E-state index in [2.05, 4.69) is 31.0 Å². The quantitative estimate of drug-likeness (QED) is 0.798. The van der Waals surface area contributed by atoms with Gasteiger partial charge in [0.25, 0.3) is 0 Å². The second-order valence-electron chi connectivity index (χ2n) is 3.96. The van der Waals surface area contributed by atoms with E-state index in [1.165, 1.54) is 25.9 Å². The highest BCUT2D eigenvalue weighted by molar-refractivity contribution is 4.78. The maximum absolute atomic E-state index is 3.52. The Kier molecular flexibility index (Phi) is 14.8. The minimum Gasteiger partial charge on any atom is -0.314 e. The molecule has 0 bridgehead atoms. The Morgan fingerprint density at radius 2 is 1.50 bits per heavy atom. The van der Waals surface area contributed by atoms with Crippen LogP contribution in [-0.2, 0) is 0 Å². The van der Waals surface area contributed by atoms with Crippen molar-refractivity contribution >= 4 is 0 Å². The Hall–Kier alpha value is -0.0800. The zero-order valence-corrected chi connectivity index (χ0v) is 12.6. The number of nitrogens with zero attached hydrogens (tertiary/aromatic N) is 1. The SMILES string of the molecule is CC.CC.CCNC1CCN(C(C)C)CC1. The molecule has 1 heterocycles. The second-order valence-corrected chi connectivity index (χ2v) is 3.96. The molecule has 2 heteroatoms. The zero-order valence-electron chi connectivity index (χ0n) is 12.6. The number of hydrogen-bond donors (Lipinski definition) is 1. The summed E-state index contributed by atoms with van der Waals surface area (Å²) in [5, 5.41) is 3.52. The normalized spacial score (nSPS) is 17.2. The van der Waals surface area contributed by atoms with E-state index in [1.54, 1.807) is 0 Å². The minimum atomic E-state index is 0.729. The first kappa shape index (κ1) is 18.3. The van der Waals surface area contributed by atoms with Gasteiger partial charge < -0.3 is 10.2 Å². The molecule has 1 N–H and O–H groups in total. The lowest BCUT2D eigenvalue weighted by Gasteiger charge is -2.34. The lowest BCUT2D eigenvalue weighted by Crippen LogP contribution is -2.44. The number of hydrogen-bond acceptors (Lipinski definition) is 2. The van der Waals surface area contributed by atoms with Gasteiger partial charge >= 0.3 is 0 Å². The maximum atomic E-state index is 3.52. The number of piperidine rings is 1. The highest BCUT2D eigenvalue weighted by Gasteiger charge is 2.19. The molecule has 0 aromatic heterocycles. The summed E-state index contributed by atoms with van der Waals surface area (Å²) >= 11 is 0. The van der Waals surface area contributed by atoms with Crippen molar-refractivity contribution in [3.05, 3.63) is 0 Å². The average Bonchev–Trinajstić information content (AvgIpc) is 2.35. The molecule has 16 heavy (non-hydrogen) atoms. The molecule has 0 amide bonds. The van der Waals surface area contributed by atoms with Crippen molar-refractivity contribution in [3.8, 4) is 0 Å². The van der Waals surface area contributed by atoms with Crippen molar-refractivity contribution in [1.82, 2.24) is 10.2 Å². The topological polar surface area (TPSA) is 15.3 Å². The van der Waals surface area contributed by atoms with Gasteiger partial charge in [0.15, 0.2) is 0 Å². The fourth-order valence-electron chi connectivity index (χ4n) is 1.91. The van der Waals surface area contributed by atoms with Gasteiger partial charge in [-0.15, -0.1) is 0 Å². The molecule has 1 rings (SSSR count). The first-order valence-corrected chi connectivity index (χ1v) is 7.21. The van der Waals surface area contributed by atoms with Crippen molar-refractivity contribution in [2.75, 3.05) is 19.6 Å². The lowest BCUT2D eigenvalue weighted by molar-refractivity contribution is 0.162. The van der Waals surface area contributed by atoms with Crippen LogP contribution in [0.15, 0.2) is 0 Å². The molecule has 0 aliphatic carbocycles. The van der Waals surface area contributed by atoms with Gasteiger partial charge in [0.05, 0.1) is 0 Å². The molecular weight excluding hydrogens is 196 g/mol. The van der Waals surface area contributed by atoms with Gasteiger partial charge in [0.2, 0.25) is 0 Å². The molecule has 1 saturated heterocycles. The van der Waals surface area contributed by atoms with Gasteiger partial charge in [-0.3, -0.25) is 0 Å². The summed E-state index contributed by atoms with van der Waals surface area (Å²) in [4.78, 5) is 2.56. The zero-order chi connectivity index (χ0) is 13.0. The molecule has 0 radical (unpaired) electrons. The van der Waals surface area contributed by atoms with Gasteiger partial charge in [0, 0.05) is 12.1 Å². The molecule has 0 atom stereocenters. The fourth-order valence-corrected chi connectivity index (χ4v) is 1.91. The fraction of sp³-hybridized carbons (Fsp3) is 1.00. The van der Waals surface area contributed by atoms with Crippen molar-refractivity contribution < 1.29 is 0 Å². The standard InChI is InChI=1S/C10H22N2.2C2H6/c1-4-11-10-5-7-12(8-6-10)9(2)3;2*1-2/h9-11H,4-8H2,1-3H3;2*1-2H3. The molecule has 2 nitrogen and oxygen atoms in total. The van der Waals surface area contributed by atoms with Crippen LogP contribution in [-0.4, -0.2) is 36.6 Å². The van der Waals surface area contributed by atoms with Crippen molar-refractivity contribution in [3.63, 3.8) is 0 Å². The number of nitrogens with one attached hydrogen (secondary N) is 1. The largest absolute Gasteiger partial charge is 0.314 e. The molecule has 1 aliphatic rings. The van der Waals surface area contributed by atoms with E-state index in [0.29, 0.717) is 0 Å². The molecule has 1 fully saturated rings. The van der Waals surface area contributed by atoms with Gasteiger partial charge in [-0.05, 0) is 46.3 Å². The molecule has 0 aromatic rings. The van der Waals surface area contributed by atoms with Crippen LogP contribution in [0.4, 0.5) is 0 Å². The monoisotopic (exact) mass is 230 g/mol. The predicted molar refractivity (Wildman–Crippen MR) is 76.1 cm³/mol. The van der Waals surface area contributed by atoms with Crippen LogP contribution in [0.1, 0.15) is 61.3 Å². The smallest absolute Gasteiger partial charge is 0.00912 e. The van der Waals surface area contributed by atoms with Gasteiger partial charge in [0.1, 0.15) is 0 Å². The van der Waals surface area contributed by atoms with Gasteiger partial charge in [-0.25, -0.2) is 0 Å². The Balaban J connectivity index is 0. The van der Waals surface area contributed by atoms with Crippen LogP contribution in [0.25, 0.3) is 0 Å². The van der Waals surface area contributed by atoms with Crippen LogP contribution in [0.3, 0.4) is 0 Å². The third kappa shape index (κ3) is 8.12. The summed E-state index contributed by atoms with van der Waals surface area (Å²) in [6.45, 7) is 18.4. The van der Waals surface area contributed by atoms with Crippen molar-refractivity contribution in [1.29, 1.82) is 0 Å². The van der Waals surface area contributed by atoms with Gasteiger partial charge in [-0.1, -0.05) is 34.6 Å². The lowest BCUT2D eigenvalue weighted by atomic mass is 10.0. The molecule has 1 aliphatic heterocycles. The Labute approximate surface area is 104 Å². The van der Waals surface area contributed by atoms with E-state index >= 15 is 0 Å². The highest BCUT2D eigenvalue weighted by Crippen LogP contribution is 2.12. The first-order chi connectivity index (χ1) is 7.74. The molecule has 0 saturated carbocycles. The predicted octanol–water partition coefficient (Wildman–Crippen LogP) is 3.52. The highest BCUT2D eigenvalue weighted by atomic mass is 15.2. The number of likely N-dealkylation sites (tertiary alicyclic amines) is 1. The van der Waals surface area contributed by atoms with Crippen molar-refractivity contribution in [2.24, 2.45) is 0 Å². The molecular formula is C14H34N2. The van der Waals surface area contributed by atoms with E-state index in [-0.39, 0.29) is 0 Å². The van der Waals surface area contributed by atoms with Crippen LogP contribution in [0.2, 0.25) is 0 Å². The second kappa shape index (κ2) is 13.0. The third-order valence-electron chi connectivity index (χ3n) is 2.75. The van der Waals surface area contributed by atoms with Crippen LogP contribution < -0.4 is 5.32 Å². The minimum absolute atomic E-state index is 0.729. The van der Waals surface area contributed by atoms with Gasteiger partial charge in [-0.2, -0.15) is 0 Å². The van der Waals surface area contributed by atoms with Crippen LogP contribution in [0, 0.1) is 0 Å². The third-order valence-corrected chi connectivity index (χ3v) is 2.75. The van der Waals surface area contributed by atoms with E-state index in [1.807, 2.05) is 27.7 Å². The van der Waals surface area contributed by atoms with Crippen LogP contribution >= 0.6 is 0 Å². The van der Waals surface area contributed by atoms with E-state index < -0.39 is 0 Å². The average molecular weight is 230 g/mol. The van der Waals surface area contributed by atoms with Crippen LogP contribution in [0.5, 0.6) is 0 Å². The van der Waals surface area contributed by atoms with E-state index in [9.17, 15) is 0 Å². The summed E-state index contributed by atoms with van der Waals surface area (Å²) in [6, 6.07) is 1.51. The van der Waals surface area contributed by atoms with Crippen molar-refractivity contribution in [2.45, 2.75) is 73.4 Å². The summed E-state index contributed by atoms with van der Waals surface area (Å²) < 4.78 is 0. The Bertz CT molecular complexity index is 116. The molecule has 0 unspecified atom stereocenters. The maximum Gasteiger partial charge on any atom is 0.00912 e. The Morgan fingerprint density at radius 3 is 1.81 bits per heavy atom. The van der Waals surface area contributed by atoms with E-state index in [4.69, 9.17) is 0 Å². The Morgan fingerprint density at radius 1 is 1.06 bits per heavy atom. The summed E-state index contributed by atoms with van der Waals surface area (Å²) in [6.07, 6.45) is 2.65. The summed E-state index contributed by atoms with van der Waals surface area (Å²) in [5.41, 5.74) is 0. The molecule has 100 valence electrons. The molecule has 0 spiro atoms. The first-order valence-electron chi connectivity index (χ1n) is 7.21.